The fourth-order valence-corrected chi connectivity index (χ4v) is 3.23. The third-order valence-electron chi connectivity index (χ3n) is 4.36. The maximum Gasteiger partial charge on any atom is 0.253 e. The van der Waals surface area contributed by atoms with Gasteiger partial charge in [-0.05, 0) is 42.3 Å². The molecule has 0 bridgehead atoms. The summed E-state index contributed by atoms with van der Waals surface area (Å²) < 4.78 is 0. The van der Waals surface area contributed by atoms with Crippen molar-refractivity contribution in [3.05, 3.63) is 69.7 Å². The number of carbonyl (C=O) groups excluding carboxylic acids is 1. The van der Waals surface area contributed by atoms with Crippen molar-refractivity contribution in [3.8, 4) is 0 Å². The quantitative estimate of drug-likeness (QED) is 0.760. The van der Waals surface area contributed by atoms with E-state index in [4.69, 9.17) is 23.2 Å². The van der Waals surface area contributed by atoms with E-state index in [1.54, 1.807) is 12.1 Å². The monoisotopic (exact) mass is 398 g/mol. The number of nitrogens with zero attached hydrogens (tertiary/aromatic N) is 2. The standard InChI is InChI=1S/C19H20Cl2N2O.ClH/c20-17-6-4-15(5-7-17)8-9-22-10-12-23(13-11-22)19(24)16-2-1-3-18(21)14-16;/h1-7,14H,8-13H2;1H. The molecule has 1 aliphatic heterocycles. The van der Waals surface area contributed by atoms with Crippen LogP contribution in [-0.2, 0) is 6.42 Å². The van der Waals surface area contributed by atoms with Crippen LogP contribution in [0, 0.1) is 0 Å². The van der Waals surface area contributed by atoms with E-state index in [0.29, 0.717) is 10.6 Å². The Labute approximate surface area is 164 Å². The second-order valence-electron chi connectivity index (χ2n) is 6.02. The summed E-state index contributed by atoms with van der Waals surface area (Å²) in [6.07, 6.45) is 0.999. The normalized spacial score (nSPS) is 14.9. The molecule has 1 amide bonds. The van der Waals surface area contributed by atoms with Gasteiger partial charge in [0, 0.05) is 48.3 Å². The molecule has 1 saturated heterocycles. The summed E-state index contributed by atoms with van der Waals surface area (Å²) in [5, 5.41) is 1.37. The van der Waals surface area contributed by atoms with Crippen molar-refractivity contribution in [1.29, 1.82) is 0 Å². The zero-order valence-electron chi connectivity index (χ0n) is 13.8. The first kappa shape index (κ1) is 20.1. The van der Waals surface area contributed by atoms with Crippen LogP contribution in [0.3, 0.4) is 0 Å². The lowest BCUT2D eigenvalue weighted by molar-refractivity contribution is 0.0638. The molecule has 0 atom stereocenters. The first-order chi connectivity index (χ1) is 11.6. The zero-order chi connectivity index (χ0) is 16.9. The number of hydrogen-bond acceptors (Lipinski definition) is 2. The smallest absolute Gasteiger partial charge is 0.253 e. The van der Waals surface area contributed by atoms with Crippen LogP contribution in [0.1, 0.15) is 15.9 Å². The lowest BCUT2D eigenvalue weighted by atomic mass is 10.1. The van der Waals surface area contributed by atoms with Crippen LogP contribution in [0.25, 0.3) is 0 Å². The number of piperazine rings is 1. The predicted octanol–water partition coefficient (Wildman–Crippen LogP) is 4.42. The average Bonchev–Trinajstić information content (AvgIpc) is 2.61. The molecule has 3 nitrogen and oxygen atoms in total. The highest BCUT2D eigenvalue weighted by molar-refractivity contribution is 6.31. The molecule has 2 aromatic carbocycles. The Bertz CT molecular complexity index is 698. The van der Waals surface area contributed by atoms with Gasteiger partial charge in [-0.25, -0.2) is 0 Å². The Morgan fingerprint density at radius 3 is 2.24 bits per heavy atom. The number of carbonyl (C=O) groups is 1. The fourth-order valence-electron chi connectivity index (χ4n) is 2.92. The molecule has 0 spiro atoms. The Morgan fingerprint density at radius 2 is 1.60 bits per heavy atom. The van der Waals surface area contributed by atoms with Crippen molar-refractivity contribution in [2.75, 3.05) is 32.7 Å². The number of halogens is 3. The van der Waals surface area contributed by atoms with Crippen molar-refractivity contribution in [2.45, 2.75) is 6.42 Å². The molecular weight excluding hydrogens is 379 g/mol. The minimum absolute atomic E-state index is 0. The summed E-state index contributed by atoms with van der Waals surface area (Å²) in [5.74, 6) is 0.0647. The molecule has 0 aliphatic carbocycles. The molecule has 0 aromatic heterocycles. The van der Waals surface area contributed by atoms with Gasteiger partial charge >= 0.3 is 0 Å². The SMILES string of the molecule is Cl.O=C(c1cccc(Cl)c1)N1CCN(CCc2ccc(Cl)cc2)CC1. The van der Waals surface area contributed by atoms with Gasteiger partial charge in [0.15, 0.2) is 0 Å². The summed E-state index contributed by atoms with van der Waals surface area (Å²) in [5.41, 5.74) is 1.95. The summed E-state index contributed by atoms with van der Waals surface area (Å²) >= 11 is 11.9. The largest absolute Gasteiger partial charge is 0.336 e. The Morgan fingerprint density at radius 1 is 0.920 bits per heavy atom. The zero-order valence-corrected chi connectivity index (χ0v) is 16.2. The van der Waals surface area contributed by atoms with E-state index in [2.05, 4.69) is 17.0 Å². The molecule has 134 valence electrons. The maximum atomic E-state index is 12.5. The second kappa shape index (κ2) is 9.44. The van der Waals surface area contributed by atoms with Crippen LogP contribution in [0.15, 0.2) is 48.5 Å². The molecule has 0 unspecified atom stereocenters. The van der Waals surface area contributed by atoms with E-state index >= 15 is 0 Å². The van der Waals surface area contributed by atoms with E-state index < -0.39 is 0 Å². The summed E-state index contributed by atoms with van der Waals surface area (Å²) in [6.45, 7) is 4.32. The van der Waals surface area contributed by atoms with E-state index in [0.717, 1.165) is 44.2 Å². The fraction of sp³-hybridized carbons (Fsp3) is 0.316. The van der Waals surface area contributed by atoms with Crippen LogP contribution in [0.2, 0.25) is 10.0 Å². The minimum atomic E-state index is 0. The lowest BCUT2D eigenvalue weighted by Gasteiger charge is -2.34. The first-order valence-electron chi connectivity index (χ1n) is 8.13. The highest BCUT2D eigenvalue weighted by Gasteiger charge is 2.21. The topological polar surface area (TPSA) is 23.6 Å². The minimum Gasteiger partial charge on any atom is -0.336 e. The highest BCUT2D eigenvalue weighted by Crippen LogP contribution is 2.15. The maximum absolute atomic E-state index is 12.5. The number of benzene rings is 2. The van der Waals surface area contributed by atoms with Gasteiger partial charge < -0.3 is 4.90 Å². The number of amides is 1. The van der Waals surface area contributed by atoms with Crippen LogP contribution in [-0.4, -0.2) is 48.4 Å². The van der Waals surface area contributed by atoms with Gasteiger partial charge in [0.25, 0.3) is 5.91 Å². The summed E-state index contributed by atoms with van der Waals surface area (Å²) in [7, 11) is 0. The third kappa shape index (κ3) is 5.61. The molecular formula is C19H21Cl3N2O. The van der Waals surface area contributed by atoms with Crippen LogP contribution < -0.4 is 0 Å². The Kier molecular flexibility index (Phi) is 7.57. The van der Waals surface area contributed by atoms with Gasteiger partial charge in [0.1, 0.15) is 0 Å². The molecule has 0 N–H and O–H groups in total. The van der Waals surface area contributed by atoms with E-state index in [9.17, 15) is 4.79 Å². The summed E-state index contributed by atoms with van der Waals surface area (Å²) in [4.78, 5) is 16.8. The van der Waals surface area contributed by atoms with E-state index in [-0.39, 0.29) is 18.3 Å². The van der Waals surface area contributed by atoms with Crippen molar-refractivity contribution in [3.63, 3.8) is 0 Å². The number of rotatable bonds is 4. The molecule has 1 heterocycles. The van der Waals surface area contributed by atoms with Crippen LogP contribution in [0.5, 0.6) is 0 Å². The van der Waals surface area contributed by atoms with Crippen molar-refractivity contribution >= 4 is 41.5 Å². The van der Waals surface area contributed by atoms with Gasteiger partial charge in [-0.1, -0.05) is 41.4 Å². The van der Waals surface area contributed by atoms with Crippen molar-refractivity contribution < 1.29 is 4.79 Å². The molecule has 0 saturated carbocycles. The van der Waals surface area contributed by atoms with Gasteiger partial charge in [-0.3, -0.25) is 9.69 Å². The molecule has 0 radical (unpaired) electrons. The van der Waals surface area contributed by atoms with Gasteiger partial charge in [0.2, 0.25) is 0 Å². The molecule has 1 aliphatic rings. The van der Waals surface area contributed by atoms with Crippen molar-refractivity contribution in [1.82, 2.24) is 9.80 Å². The van der Waals surface area contributed by atoms with Gasteiger partial charge in [-0.2, -0.15) is 0 Å². The molecule has 2 aromatic rings. The first-order valence-corrected chi connectivity index (χ1v) is 8.89. The lowest BCUT2D eigenvalue weighted by Crippen LogP contribution is -2.49. The average molecular weight is 400 g/mol. The summed E-state index contributed by atoms with van der Waals surface area (Å²) in [6, 6.07) is 15.2. The predicted molar refractivity (Wildman–Crippen MR) is 106 cm³/mol. The molecule has 3 rings (SSSR count). The molecule has 1 fully saturated rings. The molecule has 25 heavy (non-hydrogen) atoms. The van der Waals surface area contributed by atoms with Crippen LogP contribution >= 0.6 is 35.6 Å². The van der Waals surface area contributed by atoms with Gasteiger partial charge in [0.05, 0.1) is 0 Å². The number of hydrogen-bond donors (Lipinski definition) is 0. The van der Waals surface area contributed by atoms with E-state index in [1.807, 2.05) is 29.2 Å². The van der Waals surface area contributed by atoms with E-state index in [1.165, 1.54) is 5.56 Å². The Hall–Kier alpha value is -1.26. The second-order valence-corrected chi connectivity index (χ2v) is 6.89. The molecule has 6 heteroatoms. The Balaban J connectivity index is 0.00000225. The highest BCUT2D eigenvalue weighted by atomic mass is 35.5. The van der Waals surface area contributed by atoms with Gasteiger partial charge in [-0.15, -0.1) is 12.4 Å². The van der Waals surface area contributed by atoms with Crippen LogP contribution in [0.4, 0.5) is 0 Å². The van der Waals surface area contributed by atoms with Crippen molar-refractivity contribution in [2.24, 2.45) is 0 Å². The third-order valence-corrected chi connectivity index (χ3v) is 4.85.